The molecular formula is C50H44N4. The lowest BCUT2D eigenvalue weighted by Gasteiger charge is -2.21. The van der Waals surface area contributed by atoms with E-state index in [2.05, 4.69) is 190 Å². The summed E-state index contributed by atoms with van der Waals surface area (Å²) in [6.45, 7) is 13.7. The molecule has 4 heteroatoms. The van der Waals surface area contributed by atoms with Gasteiger partial charge in [-0.15, -0.1) is 0 Å². The first-order valence-electron chi connectivity index (χ1n) is 18.8. The van der Waals surface area contributed by atoms with Gasteiger partial charge in [0.2, 0.25) is 0 Å². The fourth-order valence-electron chi connectivity index (χ4n) is 7.74. The number of nitrogens with one attached hydrogen (secondary N) is 1. The molecule has 4 nitrogen and oxygen atoms in total. The van der Waals surface area contributed by atoms with Crippen molar-refractivity contribution < 1.29 is 0 Å². The molecule has 0 atom stereocenters. The molecular weight excluding hydrogens is 657 g/mol. The molecule has 0 radical (unpaired) electrons. The molecule has 0 fully saturated rings. The molecule has 0 aliphatic rings. The van der Waals surface area contributed by atoms with Gasteiger partial charge in [0.25, 0.3) is 0 Å². The van der Waals surface area contributed by atoms with Crippen LogP contribution in [0.2, 0.25) is 0 Å². The molecule has 264 valence electrons. The molecule has 0 spiro atoms. The summed E-state index contributed by atoms with van der Waals surface area (Å²) in [5.41, 5.74) is 15.4. The van der Waals surface area contributed by atoms with Gasteiger partial charge in [0.05, 0.1) is 27.9 Å². The van der Waals surface area contributed by atoms with Gasteiger partial charge < -0.3 is 4.98 Å². The zero-order valence-corrected chi connectivity index (χ0v) is 31.8. The third-order valence-corrected chi connectivity index (χ3v) is 10.7. The van der Waals surface area contributed by atoms with Crippen molar-refractivity contribution in [1.82, 2.24) is 19.5 Å². The summed E-state index contributed by atoms with van der Waals surface area (Å²) < 4.78 is 2.39. The maximum absolute atomic E-state index is 5.70. The summed E-state index contributed by atoms with van der Waals surface area (Å²) in [6.07, 6.45) is 1.85. The predicted octanol–water partition coefficient (Wildman–Crippen LogP) is 13.3. The molecule has 54 heavy (non-hydrogen) atoms. The normalized spacial score (nSPS) is 12.3. The molecule has 9 rings (SSSR count). The Morgan fingerprint density at radius 1 is 0.519 bits per heavy atom. The van der Waals surface area contributed by atoms with Gasteiger partial charge in [-0.05, 0) is 87.7 Å². The summed E-state index contributed by atoms with van der Waals surface area (Å²) in [5, 5.41) is 2.46. The van der Waals surface area contributed by atoms with Crippen LogP contribution in [0.3, 0.4) is 0 Å². The number of para-hydroxylation sites is 2. The third kappa shape index (κ3) is 5.79. The molecule has 0 aliphatic heterocycles. The Morgan fingerprint density at radius 2 is 1.20 bits per heavy atom. The van der Waals surface area contributed by atoms with Crippen molar-refractivity contribution in [2.45, 2.75) is 52.4 Å². The molecule has 6 aromatic carbocycles. The topological polar surface area (TPSA) is 46.5 Å². The molecule has 0 saturated carbocycles. The number of hydrogen-bond acceptors (Lipinski definition) is 2. The first-order valence-corrected chi connectivity index (χ1v) is 18.8. The second kappa shape index (κ2) is 12.7. The monoisotopic (exact) mass is 700 g/mol. The number of pyridine rings is 1. The van der Waals surface area contributed by atoms with Crippen LogP contribution in [0.1, 0.15) is 52.7 Å². The minimum atomic E-state index is -0.0932. The number of rotatable bonds is 5. The second-order valence-electron chi connectivity index (χ2n) is 16.5. The van der Waals surface area contributed by atoms with Gasteiger partial charge in [-0.25, -0.2) is 4.98 Å². The Kier molecular flexibility index (Phi) is 7.90. The van der Waals surface area contributed by atoms with Crippen LogP contribution in [-0.4, -0.2) is 19.5 Å². The van der Waals surface area contributed by atoms with E-state index in [0.29, 0.717) is 0 Å². The van der Waals surface area contributed by atoms with Crippen molar-refractivity contribution in [1.29, 1.82) is 0 Å². The van der Waals surface area contributed by atoms with Gasteiger partial charge in [0.1, 0.15) is 5.82 Å². The van der Waals surface area contributed by atoms with E-state index >= 15 is 0 Å². The molecule has 0 saturated heterocycles. The maximum atomic E-state index is 5.70. The number of fused-ring (bicyclic) bond motifs is 4. The van der Waals surface area contributed by atoms with Crippen LogP contribution in [0, 0.1) is 0 Å². The molecule has 0 aliphatic carbocycles. The standard InChI is InChI=1S/C50H44N4/c1-49(2,3)35-25-26-43-39(29-35)40-30-36(50(4,5)6)31-41(46(40)52-43)48-53-47-38(33-18-14-19-34(28-33)42-22-12-13-27-51-42)21-15-24-45(47)54(48)44-23-11-10-20-37(44)32-16-8-7-9-17-32/h7-31,52H,1-6H3. The van der Waals surface area contributed by atoms with Gasteiger partial charge >= 0.3 is 0 Å². The summed E-state index contributed by atoms with van der Waals surface area (Å²) in [6, 6.07) is 52.3. The van der Waals surface area contributed by atoms with Crippen molar-refractivity contribution in [2.24, 2.45) is 0 Å². The van der Waals surface area contributed by atoms with Crippen LogP contribution in [0.15, 0.2) is 152 Å². The summed E-state index contributed by atoms with van der Waals surface area (Å²) >= 11 is 0. The number of aromatic amines is 1. The van der Waals surface area contributed by atoms with Gasteiger partial charge in [-0.2, -0.15) is 0 Å². The van der Waals surface area contributed by atoms with Crippen molar-refractivity contribution in [3.63, 3.8) is 0 Å². The third-order valence-electron chi connectivity index (χ3n) is 10.7. The van der Waals surface area contributed by atoms with E-state index < -0.39 is 0 Å². The zero-order valence-electron chi connectivity index (χ0n) is 31.8. The average molecular weight is 701 g/mol. The minimum absolute atomic E-state index is 0.0294. The van der Waals surface area contributed by atoms with E-state index in [9.17, 15) is 0 Å². The van der Waals surface area contributed by atoms with Gasteiger partial charge in [0.15, 0.2) is 0 Å². The molecule has 0 unspecified atom stereocenters. The highest BCUT2D eigenvalue weighted by Crippen LogP contribution is 2.43. The number of nitrogens with zero attached hydrogens (tertiary/aromatic N) is 3. The molecule has 3 heterocycles. The summed E-state index contributed by atoms with van der Waals surface area (Å²) in [7, 11) is 0. The Bertz CT molecular complexity index is 2830. The highest BCUT2D eigenvalue weighted by molar-refractivity contribution is 6.13. The minimum Gasteiger partial charge on any atom is -0.354 e. The first-order chi connectivity index (χ1) is 26.0. The van der Waals surface area contributed by atoms with Crippen molar-refractivity contribution in [3.05, 3.63) is 163 Å². The van der Waals surface area contributed by atoms with Gasteiger partial charge in [0, 0.05) is 44.7 Å². The number of H-pyrrole nitrogens is 1. The average Bonchev–Trinajstić information content (AvgIpc) is 3.76. The van der Waals surface area contributed by atoms with E-state index in [4.69, 9.17) is 4.98 Å². The number of aromatic nitrogens is 4. The first kappa shape index (κ1) is 33.6. The molecule has 9 aromatic rings. The highest BCUT2D eigenvalue weighted by Gasteiger charge is 2.26. The van der Waals surface area contributed by atoms with E-state index in [1.807, 2.05) is 18.3 Å². The van der Waals surface area contributed by atoms with E-state index in [1.54, 1.807) is 0 Å². The lowest BCUT2D eigenvalue weighted by Crippen LogP contribution is -2.11. The SMILES string of the molecule is CC(C)(C)c1ccc2[nH]c3c(-c4nc5c(-c6cccc(-c7ccccn7)c6)cccc5n4-c4ccccc4-c4ccccc4)cc(C(C)(C)C)cc3c2c1. The fraction of sp³-hybridized carbons (Fsp3) is 0.160. The Morgan fingerprint density at radius 3 is 1.98 bits per heavy atom. The Hall–Kier alpha value is -6.26. The number of hydrogen-bond donors (Lipinski definition) is 1. The van der Waals surface area contributed by atoms with Crippen molar-refractivity contribution in [2.75, 3.05) is 0 Å². The van der Waals surface area contributed by atoms with Crippen LogP contribution < -0.4 is 0 Å². The fourth-order valence-corrected chi connectivity index (χ4v) is 7.74. The molecule has 0 amide bonds. The lowest BCUT2D eigenvalue weighted by molar-refractivity contribution is 0.590. The molecule has 0 bridgehead atoms. The number of benzene rings is 6. The smallest absolute Gasteiger partial charge is 0.147 e. The van der Waals surface area contributed by atoms with E-state index in [1.165, 1.54) is 21.9 Å². The number of imidazole rings is 1. The molecule has 1 N–H and O–H groups in total. The van der Waals surface area contributed by atoms with Crippen molar-refractivity contribution >= 4 is 32.8 Å². The van der Waals surface area contributed by atoms with Crippen LogP contribution in [0.4, 0.5) is 0 Å². The van der Waals surface area contributed by atoms with Gasteiger partial charge in [-0.3, -0.25) is 9.55 Å². The quantitative estimate of drug-likeness (QED) is 0.194. The summed E-state index contributed by atoms with van der Waals surface area (Å²) in [4.78, 5) is 14.2. The van der Waals surface area contributed by atoms with Crippen LogP contribution in [-0.2, 0) is 10.8 Å². The Balaban J connectivity index is 1.39. The highest BCUT2D eigenvalue weighted by atomic mass is 15.1. The van der Waals surface area contributed by atoms with Gasteiger partial charge in [-0.1, -0.05) is 133 Å². The summed E-state index contributed by atoms with van der Waals surface area (Å²) in [5.74, 6) is 0.903. The molecule has 3 aromatic heterocycles. The Labute approximate surface area is 317 Å². The maximum Gasteiger partial charge on any atom is 0.147 e. The van der Waals surface area contributed by atoms with E-state index in [-0.39, 0.29) is 10.8 Å². The predicted molar refractivity (Wildman–Crippen MR) is 227 cm³/mol. The van der Waals surface area contributed by atoms with Crippen LogP contribution >= 0.6 is 0 Å². The van der Waals surface area contributed by atoms with Crippen LogP contribution in [0.5, 0.6) is 0 Å². The van der Waals surface area contributed by atoms with E-state index in [0.717, 1.165) is 72.7 Å². The second-order valence-corrected chi connectivity index (χ2v) is 16.5. The van der Waals surface area contributed by atoms with Crippen molar-refractivity contribution in [3.8, 4) is 50.6 Å². The largest absolute Gasteiger partial charge is 0.354 e. The zero-order chi connectivity index (χ0) is 37.2. The van der Waals surface area contributed by atoms with Crippen LogP contribution in [0.25, 0.3) is 83.4 Å². The lowest BCUT2D eigenvalue weighted by atomic mass is 9.84.